The number of nitrogens with zero attached hydrogens (tertiary/aromatic N) is 1. The first kappa shape index (κ1) is 16.7. The molecule has 20 heavy (non-hydrogen) atoms. The van der Waals surface area contributed by atoms with Crippen LogP contribution in [-0.4, -0.2) is 29.1 Å². The van der Waals surface area contributed by atoms with Gasteiger partial charge in [-0.1, -0.05) is 53.7 Å². The molecule has 2 N–H and O–H groups in total. The summed E-state index contributed by atoms with van der Waals surface area (Å²) >= 11 is 0. The maximum atomic E-state index is 10.4. The number of benzene rings is 1. The van der Waals surface area contributed by atoms with Gasteiger partial charge in [0.2, 0.25) is 0 Å². The molecule has 3 heteroatoms. The number of hydrogen-bond acceptors (Lipinski definition) is 3. The number of aliphatic hydroxyl groups is 1. The van der Waals surface area contributed by atoms with Gasteiger partial charge in [-0.3, -0.25) is 4.99 Å². The third kappa shape index (κ3) is 4.07. The van der Waals surface area contributed by atoms with Gasteiger partial charge in [0.15, 0.2) is 0 Å². The molecule has 0 heterocycles. The Kier molecular flexibility index (Phi) is 4.98. The second-order valence-electron chi connectivity index (χ2n) is 7.34. The van der Waals surface area contributed by atoms with E-state index < -0.39 is 0 Å². The van der Waals surface area contributed by atoms with Crippen molar-refractivity contribution < 1.29 is 10.2 Å². The van der Waals surface area contributed by atoms with Crippen LogP contribution in [0.25, 0.3) is 0 Å². The molecule has 0 aromatic heterocycles. The lowest BCUT2D eigenvalue weighted by molar-refractivity contribution is 0.191. The molecule has 0 radical (unpaired) electrons. The minimum absolute atomic E-state index is 0.000274. The first-order valence-corrected chi connectivity index (χ1v) is 7.04. The molecule has 1 atom stereocenters. The highest BCUT2D eigenvalue weighted by Crippen LogP contribution is 2.32. The van der Waals surface area contributed by atoms with Crippen molar-refractivity contribution in [1.29, 1.82) is 0 Å². The normalized spacial score (nSPS) is 14.8. The first-order valence-electron chi connectivity index (χ1n) is 7.04. The van der Waals surface area contributed by atoms with Gasteiger partial charge < -0.3 is 10.2 Å². The summed E-state index contributed by atoms with van der Waals surface area (Å²) in [5.41, 5.74) is 1.37. The molecule has 0 spiro atoms. The second-order valence-corrected chi connectivity index (χ2v) is 7.34. The molecule has 3 nitrogen and oxygen atoms in total. The second kappa shape index (κ2) is 5.96. The van der Waals surface area contributed by atoms with Gasteiger partial charge in [-0.2, -0.15) is 0 Å². The minimum atomic E-state index is -0.180. The summed E-state index contributed by atoms with van der Waals surface area (Å²) in [6.07, 6.45) is 1.66. The number of hydrogen-bond donors (Lipinski definition) is 2. The molecule has 0 aliphatic rings. The predicted octanol–water partition coefficient (Wildman–Crippen LogP) is 3.52. The molecule has 0 saturated carbocycles. The van der Waals surface area contributed by atoms with Gasteiger partial charge in [0, 0.05) is 11.8 Å². The van der Waals surface area contributed by atoms with E-state index in [1.807, 2.05) is 39.0 Å². The number of aromatic hydroxyl groups is 1. The van der Waals surface area contributed by atoms with Crippen LogP contribution in [-0.2, 0) is 5.41 Å². The molecule has 1 aromatic rings. The summed E-state index contributed by atoms with van der Waals surface area (Å²) in [4.78, 5) is 4.43. The van der Waals surface area contributed by atoms with Crippen LogP contribution in [0.2, 0.25) is 0 Å². The molecule has 0 bridgehead atoms. The van der Waals surface area contributed by atoms with Crippen LogP contribution in [0.5, 0.6) is 5.75 Å². The largest absolute Gasteiger partial charge is 0.507 e. The van der Waals surface area contributed by atoms with Crippen molar-refractivity contribution in [3.8, 4) is 5.75 Å². The maximum Gasteiger partial charge on any atom is 0.128 e. The van der Waals surface area contributed by atoms with Gasteiger partial charge in [0.05, 0.1) is 12.6 Å². The number of rotatable bonds is 3. The summed E-state index contributed by atoms with van der Waals surface area (Å²) < 4.78 is 0. The fraction of sp³-hybridized carbons (Fsp3) is 0.588. The summed E-state index contributed by atoms with van der Waals surface area (Å²) in [7, 11) is 0. The zero-order valence-corrected chi connectivity index (χ0v) is 13.4. The predicted molar refractivity (Wildman–Crippen MR) is 84.7 cm³/mol. The van der Waals surface area contributed by atoms with Crippen molar-refractivity contribution in [3.63, 3.8) is 0 Å². The lowest BCUT2D eigenvalue weighted by Crippen LogP contribution is -2.28. The van der Waals surface area contributed by atoms with Crippen LogP contribution in [0.15, 0.2) is 23.2 Å². The van der Waals surface area contributed by atoms with Crippen LogP contribution >= 0.6 is 0 Å². The van der Waals surface area contributed by atoms with Crippen molar-refractivity contribution in [2.75, 3.05) is 6.61 Å². The van der Waals surface area contributed by atoms with Crippen LogP contribution < -0.4 is 0 Å². The SMILES string of the molecule is CC(C)(C)c1cccc(C=N[C@H](CO)C(C)(C)C)c1O. The molecule has 0 aliphatic carbocycles. The number of para-hydroxylation sites is 1. The third-order valence-electron chi connectivity index (χ3n) is 3.44. The van der Waals surface area contributed by atoms with Crippen LogP contribution in [0.4, 0.5) is 0 Å². The lowest BCUT2D eigenvalue weighted by atomic mass is 9.85. The fourth-order valence-corrected chi connectivity index (χ4v) is 1.99. The lowest BCUT2D eigenvalue weighted by Gasteiger charge is -2.25. The molecule has 112 valence electrons. The molecular formula is C17H27NO2. The van der Waals surface area contributed by atoms with Gasteiger partial charge in [-0.15, -0.1) is 0 Å². The zero-order valence-electron chi connectivity index (χ0n) is 13.4. The van der Waals surface area contributed by atoms with E-state index in [1.54, 1.807) is 6.21 Å². The Balaban J connectivity index is 3.11. The zero-order chi connectivity index (χ0) is 15.6. The summed E-state index contributed by atoms with van der Waals surface area (Å²) in [5.74, 6) is 0.273. The highest BCUT2D eigenvalue weighted by atomic mass is 16.3. The van der Waals surface area contributed by atoms with E-state index in [9.17, 15) is 10.2 Å². The van der Waals surface area contributed by atoms with Gasteiger partial charge >= 0.3 is 0 Å². The van der Waals surface area contributed by atoms with E-state index >= 15 is 0 Å². The average Bonchev–Trinajstić information content (AvgIpc) is 2.28. The van der Waals surface area contributed by atoms with Crippen LogP contribution in [0.1, 0.15) is 52.7 Å². The summed E-state index contributed by atoms with van der Waals surface area (Å²) in [5, 5.41) is 19.8. The van der Waals surface area contributed by atoms with Gasteiger partial charge in [-0.25, -0.2) is 0 Å². The van der Waals surface area contributed by atoms with E-state index in [1.165, 1.54) is 0 Å². The van der Waals surface area contributed by atoms with Crippen LogP contribution in [0, 0.1) is 5.41 Å². The van der Waals surface area contributed by atoms with Crippen molar-refractivity contribution in [1.82, 2.24) is 0 Å². The minimum Gasteiger partial charge on any atom is -0.507 e. The third-order valence-corrected chi connectivity index (χ3v) is 3.44. The molecule has 1 rings (SSSR count). The molecule has 0 saturated heterocycles. The Morgan fingerprint density at radius 1 is 1.15 bits per heavy atom. The highest BCUT2D eigenvalue weighted by Gasteiger charge is 2.23. The quantitative estimate of drug-likeness (QED) is 0.831. The Bertz CT molecular complexity index is 479. The number of aliphatic imine (C=N–C) groups is 1. The number of phenolic OH excluding ortho intramolecular Hbond substituents is 1. The Labute approximate surface area is 122 Å². The van der Waals surface area contributed by atoms with Crippen molar-refractivity contribution in [2.24, 2.45) is 10.4 Å². The molecule has 0 unspecified atom stereocenters. The van der Waals surface area contributed by atoms with E-state index in [2.05, 4.69) is 25.8 Å². The maximum absolute atomic E-state index is 10.4. The van der Waals surface area contributed by atoms with Gasteiger partial charge in [-0.05, 0) is 22.5 Å². The monoisotopic (exact) mass is 277 g/mol. The number of phenols is 1. The summed E-state index contributed by atoms with van der Waals surface area (Å²) in [6, 6.07) is 5.51. The first-order chi connectivity index (χ1) is 9.07. The van der Waals surface area contributed by atoms with E-state index in [4.69, 9.17) is 0 Å². The van der Waals surface area contributed by atoms with Crippen molar-refractivity contribution in [3.05, 3.63) is 29.3 Å². The van der Waals surface area contributed by atoms with Crippen LogP contribution in [0.3, 0.4) is 0 Å². The Morgan fingerprint density at radius 3 is 2.20 bits per heavy atom. The van der Waals surface area contributed by atoms with E-state index in [0.717, 1.165) is 5.56 Å². The van der Waals surface area contributed by atoms with Gasteiger partial charge in [0.1, 0.15) is 5.75 Å². The average molecular weight is 277 g/mol. The molecule has 0 fully saturated rings. The van der Waals surface area contributed by atoms with Gasteiger partial charge in [0.25, 0.3) is 0 Å². The summed E-state index contributed by atoms with van der Waals surface area (Å²) in [6.45, 7) is 12.3. The Hall–Kier alpha value is -1.35. The van der Waals surface area contributed by atoms with Crippen molar-refractivity contribution in [2.45, 2.75) is 53.0 Å². The molecule has 0 amide bonds. The molecule has 0 aliphatic heterocycles. The highest BCUT2D eigenvalue weighted by molar-refractivity contribution is 5.84. The van der Waals surface area contributed by atoms with Crippen molar-refractivity contribution >= 4 is 6.21 Å². The molecular weight excluding hydrogens is 250 g/mol. The number of aliphatic hydroxyl groups excluding tert-OH is 1. The standard InChI is InChI=1S/C17H27NO2/c1-16(2,3)13-9-7-8-12(15(13)20)10-18-14(11-19)17(4,5)6/h7-10,14,19-20H,11H2,1-6H3/t14-/m1/s1. The van der Waals surface area contributed by atoms with E-state index in [-0.39, 0.29) is 29.2 Å². The topological polar surface area (TPSA) is 52.8 Å². The Morgan fingerprint density at radius 2 is 1.75 bits per heavy atom. The smallest absolute Gasteiger partial charge is 0.128 e. The fourth-order valence-electron chi connectivity index (χ4n) is 1.99. The van der Waals surface area contributed by atoms with E-state index in [0.29, 0.717) is 5.56 Å². The molecule has 1 aromatic carbocycles.